The second-order valence-corrected chi connectivity index (χ2v) is 4.39. The molecule has 0 spiro atoms. The predicted octanol–water partition coefficient (Wildman–Crippen LogP) is 0.925. The number of thiocarbonyl (C=S) groups is 1. The van der Waals surface area contributed by atoms with Gasteiger partial charge in [0.2, 0.25) is 0 Å². The number of rotatable bonds is 3. The highest BCUT2D eigenvalue weighted by Crippen LogP contribution is 2.01. The van der Waals surface area contributed by atoms with Gasteiger partial charge < -0.3 is 5.32 Å². The molecule has 0 atom stereocenters. The Labute approximate surface area is 125 Å². The molecular formula is C13H12FN5OS. The molecule has 2 aromatic rings. The molecule has 0 aliphatic heterocycles. The second kappa shape index (κ2) is 7.25. The Morgan fingerprint density at radius 1 is 1.19 bits per heavy atom. The van der Waals surface area contributed by atoms with Crippen molar-refractivity contribution in [2.45, 2.75) is 6.54 Å². The number of amides is 1. The molecule has 0 unspecified atom stereocenters. The zero-order valence-electron chi connectivity index (χ0n) is 10.8. The lowest BCUT2D eigenvalue weighted by Crippen LogP contribution is -2.46. The summed E-state index contributed by atoms with van der Waals surface area (Å²) in [7, 11) is 0. The fourth-order valence-corrected chi connectivity index (χ4v) is 1.55. The number of hydrazine groups is 1. The summed E-state index contributed by atoms with van der Waals surface area (Å²) in [6.07, 6.45) is 4.23. The van der Waals surface area contributed by atoms with E-state index < -0.39 is 5.91 Å². The van der Waals surface area contributed by atoms with E-state index in [0.29, 0.717) is 6.54 Å². The number of carbonyl (C=O) groups is 1. The van der Waals surface area contributed by atoms with E-state index in [2.05, 4.69) is 26.1 Å². The van der Waals surface area contributed by atoms with Crippen LogP contribution in [0.4, 0.5) is 4.39 Å². The Bertz CT molecular complexity index is 620. The van der Waals surface area contributed by atoms with Crippen molar-refractivity contribution in [2.24, 2.45) is 0 Å². The van der Waals surface area contributed by atoms with Gasteiger partial charge >= 0.3 is 0 Å². The average Bonchev–Trinajstić information content (AvgIpc) is 2.53. The summed E-state index contributed by atoms with van der Waals surface area (Å²) < 4.78 is 12.7. The van der Waals surface area contributed by atoms with Gasteiger partial charge in [-0.3, -0.25) is 20.6 Å². The SMILES string of the molecule is O=C(NNC(=S)NCc1ccc(F)cc1)c1cnccn1. The molecule has 0 saturated carbocycles. The number of hydrogen-bond donors (Lipinski definition) is 3. The lowest BCUT2D eigenvalue weighted by atomic mass is 10.2. The third-order valence-electron chi connectivity index (χ3n) is 2.45. The molecule has 1 aromatic heterocycles. The minimum atomic E-state index is -0.450. The Morgan fingerprint density at radius 3 is 2.62 bits per heavy atom. The van der Waals surface area contributed by atoms with Crippen LogP contribution in [0.25, 0.3) is 0 Å². The zero-order chi connectivity index (χ0) is 15.1. The van der Waals surface area contributed by atoms with Crippen LogP contribution in [-0.4, -0.2) is 21.0 Å². The van der Waals surface area contributed by atoms with Crippen LogP contribution < -0.4 is 16.2 Å². The van der Waals surface area contributed by atoms with E-state index in [-0.39, 0.29) is 16.6 Å². The van der Waals surface area contributed by atoms with Gasteiger partial charge in [0.05, 0.1) is 6.20 Å². The Balaban J connectivity index is 1.75. The number of carbonyl (C=O) groups excluding carboxylic acids is 1. The van der Waals surface area contributed by atoms with Crippen molar-refractivity contribution in [1.82, 2.24) is 26.1 Å². The van der Waals surface area contributed by atoms with Gasteiger partial charge in [-0.15, -0.1) is 0 Å². The topological polar surface area (TPSA) is 78.9 Å². The molecule has 0 aliphatic carbocycles. The lowest BCUT2D eigenvalue weighted by Gasteiger charge is -2.11. The molecule has 0 fully saturated rings. The van der Waals surface area contributed by atoms with Crippen molar-refractivity contribution in [3.8, 4) is 0 Å². The first-order valence-electron chi connectivity index (χ1n) is 6.00. The average molecular weight is 305 g/mol. The highest BCUT2D eigenvalue weighted by molar-refractivity contribution is 7.80. The molecule has 0 bridgehead atoms. The summed E-state index contributed by atoms with van der Waals surface area (Å²) in [5.41, 5.74) is 5.96. The minimum Gasteiger partial charge on any atom is -0.357 e. The molecule has 8 heteroatoms. The van der Waals surface area contributed by atoms with E-state index >= 15 is 0 Å². The van der Waals surface area contributed by atoms with Crippen LogP contribution in [-0.2, 0) is 6.54 Å². The molecule has 108 valence electrons. The predicted molar refractivity (Wildman–Crippen MR) is 78.5 cm³/mol. The minimum absolute atomic E-state index is 0.173. The van der Waals surface area contributed by atoms with E-state index in [0.717, 1.165) is 5.56 Å². The highest BCUT2D eigenvalue weighted by atomic mass is 32.1. The first-order chi connectivity index (χ1) is 10.1. The maximum Gasteiger partial charge on any atom is 0.289 e. The van der Waals surface area contributed by atoms with Gasteiger partial charge in [0.25, 0.3) is 5.91 Å². The van der Waals surface area contributed by atoms with Crippen molar-refractivity contribution in [2.75, 3.05) is 0 Å². The van der Waals surface area contributed by atoms with E-state index in [1.165, 1.54) is 30.7 Å². The third kappa shape index (κ3) is 4.77. The fraction of sp³-hybridized carbons (Fsp3) is 0.0769. The molecule has 1 amide bonds. The summed E-state index contributed by atoms with van der Waals surface area (Å²) in [5, 5.41) is 3.11. The Kier molecular flexibility index (Phi) is 5.10. The number of aromatic nitrogens is 2. The number of nitrogens with one attached hydrogen (secondary N) is 3. The van der Waals surface area contributed by atoms with Gasteiger partial charge in [0.1, 0.15) is 11.5 Å². The van der Waals surface area contributed by atoms with Crippen LogP contribution in [0, 0.1) is 5.82 Å². The van der Waals surface area contributed by atoms with Crippen LogP contribution in [0.15, 0.2) is 42.9 Å². The first-order valence-corrected chi connectivity index (χ1v) is 6.40. The summed E-state index contributed by atoms with van der Waals surface area (Å²) in [6, 6.07) is 6.01. The lowest BCUT2D eigenvalue weighted by molar-refractivity contribution is 0.0938. The smallest absolute Gasteiger partial charge is 0.289 e. The monoisotopic (exact) mass is 305 g/mol. The van der Waals surface area contributed by atoms with Crippen molar-refractivity contribution in [1.29, 1.82) is 0 Å². The second-order valence-electron chi connectivity index (χ2n) is 3.98. The van der Waals surface area contributed by atoms with Crippen LogP contribution in [0.3, 0.4) is 0 Å². The summed E-state index contributed by atoms with van der Waals surface area (Å²) >= 11 is 5.00. The molecule has 3 N–H and O–H groups in total. The molecule has 21 heavy (non-hydrogen) atoms. The van der Waals surface area contributed by atoms with E-state index in [1.807, 2.05) is 0 Å². The molecule has 0 aliphatic rings. The maximum absolute atomic E-state index is 12.7. The third-order valence-corrected chi connectivity index (χ3v) is 2.70. The number of benzene rings is 1. The molecule has 1 heterocycles. The number of halogens is 1. The van der Waals surface area contributed by atoms with Crippen LogP contribution in [0.5, 0.6) is 0 Å². The van der Waals surface area contributed by atoms with Gasteiger partial charge in [-0.2, -0.15) is 0 Å². The molecule has 0 saturated heterocycles. The molecule has 2 rings (SSSR count). The van der Waals surface area contributed by atoms with E-state index in [4.69, 9.17) is 12.2 Å². The maximum atomic E-state index is 12.7. The molecule has 0 radical (unpaired) electrons. The molecule has 6 nitrogen and oxygen atoms in total. The van der Waals surface area contributed by atoms with Crippen LogP contribution in [0.2, 0.25) is 0 Å². The number of nitrogens with zero attached hydrogens (tertiary/aromatic N) is 2. The summed E-state index contributed by atoms with van der Waals surface area (Å²) in [5.74, 6) is -0.746. The van der Waals surface area contributed by atoms with Gasteiger partial charge in [-0.05, 0) is 29.9 Å². The highest BCUT2D eigenvalue weighted by Gasteiger charge is 2.06. The van der Waals surface area contributed by atoms with E-state index in [9.17, 15) is 9.18 Å². The van der Waals surface area contributed by atoms with Crippen molar-refractivity contribution < 1.29 is 9.18 Å². The standard InChI is InChI=1S/C13H12FN5OS/c14-10-3-1-9(2-4-10)7-17-13(21)19-18-12(20)11-8-15-5-6-16-11/h1-6,8H,7H2,(H,18,20)(H2,17,19,21). The normalized spacial score (nSPS) is 9.76. The van der Waals surface area contributed by atoms with Crippen molar-refractivity contribution >= 4 is 23.2 Å². The molecular weight excluding hydrogens is 293 g/mol. The van der Waals surface area contributed by atoms with Crippen LogP contribution in [0.1, 0.15) is 16.1 Å². The van der Waals surface area contributed by atoms with Gasteiger partial charge in [-0.1, -0.05) is 12.1 Å². The van der Waals surface area contributed by atoms with Crippen LogP contribution >= 0.6 is 12.2 Å². The van der Waals surface area contributed by atoms with Gasteiger partial charge in [-0.25, -0.2) is 9.37 Å². The Morgan fingerprint density at radius 2 is 1.95 bits per heavy atom. The van der Waals surface area contributed by atoms with E-state index in [1.54, 1.807) is 12.1 Å². The number of hydrogen-bond acceptors (Lipinski definition) is 4. The Hall–Kier alpha value is -2.61. The van der Waals surface area contributed by atoms with Gasteiger partial charge in [0.15, 0.2) is 5.11 Å². The van der Waals surface area contributed by atoms with Gasteiger partial charge in [0, 0.05) is 18.9 Å². The summed E-state index contributed by atoms with van der Waals surface area (Å²) in [6.45, 7) is 0.410. The zero-order valence-corrected chi connectivity index (χ0v) is 11.7. The quantitative estimate of drug-likeness (QED) is 0.578. The van der Waals surface area contributed by atoms with Crippen molar-refractivity contribution in [3.05, 3.63) is 59.9 Å². The first kappa shape index (κ1) is 14.8. The molecule has 1 aromatic carbocycles. The largest absolute Gasteiger partial charge is 0.357 e. The summed E-state index contributed by atoms with van der Waals surface area (Å²) in [4.78, 5) is 19.3. The van der Waals surface area contributed by atoms with Crippen molar-refractivity contribution in [3.63, 3.8) is 0 Å². The fourth-order valence-electron chi connectivity index (χ4n) is 1.42.